The van der Waals surface area contributed by atoms with Gasteiger partial charge in [-0.15, -0.1) is 0 Å². The van der Waals surface area contributed by atoms with Crippen LogP contribution in [0, 0.1) is 19.7 Å². The molecule has 0 atom stereocenters. The minimum atomic E-state index is -0.330. The van der Waals surface area contributed by atoms with Gasteiger partial charge in [-0.1, -0.05) is 53.8 Å². The van der Waals surface area contributed by atoms with Crippen LogP contribution in [0.2, 0.25) is 0 Å². The summed E-state index contributed by atoms with van der Waals surface area (Å²) in [7, 11) is 0. The van der Waals surface area contributed by atoms with E-state index in [4.69, 9.17) is 12.2 Å². The minimum Gasteiger partial charge on any atom is -0.268 e. The summed E-state index contributed by atoms with van der Waals surface area (Å²) in [4.78, 5) is 14.7. The number of thioether (sulfide) groups is 1. The lowest BCUT2D eigenvalue weighted by Crippen LogP contribution is -2.28. The topological polar surface area (TPSA) is 20.3 Å². The second-order valence-corrected chi connectivity index (χ2v) is 7.04. The Kier molecular flexibility index (Phi) is 4.33. The Balaban J connectivity index is 1.97. The van der Waals surface area contributed by atoms with Crippen molar-refractivity contribution in [3.05, 3.63) is 69.9 Å². The number of thiocarbonyl (C=S) groups is 1. The number of hydrogen-bond acceptors (Lipinski definition) is 3. The maximum Gasteiger partial charge on any atom is 0.270 e. The Labute approximate surface area is 144 Å². The molecule has 0 spiro atoms. The molecule has 0 aliphatic carbocycles. The molecule has 23 heavy (non-hydrogen) atoms. The molecule has 0 N–H and O–H groups in total. The fraction of sp³-hybridized carbons (Fsp3) is 0.111. The Hall–Kier alpha value is -1.98. The molecule has 116 valence electrons. The van der Waals surface area contributed by atoms with Crippen LogP contribution in [0.15, 0.2) is 47.4 Å². The summed E-state index contributed by atoms with van der Waals surface area (Å²) in [5.74, 6) is -0.500. The van der Waals surface area contributed by atoms with Gasteiger partial charge in [-0.25, -0.2) is 4.39 Å². The average molecular weight is 343 g/mol. The van der Waals surface area contributed by atoms with E-state index in [9.17, 15) is 9.18 Å². The molecule has 1 saturated heterocycles. The van der Waals surface area contributed by atoms with Crippen molar-refractivity contribution in [3.8, 4) is 0 Å². The summed E-state index contributed by atoms with van der Waals surface area (Å²) in [6, 6.07) is 12.0. The van der Waals surface area contributed by atoms with Gasteiger partial charge in [0, 0.05) is 0 Å². The number of carbonyl (C=O) groups excluding carboxylic acids is 1. The zero-order valence-corrected chi connectivity index (χ0v) is 14.3. The van der Waals surface area contributed by atoms with Crippen molar-refractivity contribution in [1.82, 2.24) is 0 Å². The molecule has 0 bridgehead atoms. The second-order valence-electron chi connectivity index (χ2n) is 5.36. The maximum atomic E-state index is 13.3. The third-order valence-electron chi connectivity index (χ3n) is 3.53. The fourth-order valence-corrected chi connectivity index (χ4v) is 3.76. The lowest BCUT2D eigenvalue weighted by atomic mass is 10.1. The Morgan fingerprint density at radius 3 is 2.65 bits per heavy atom. The molecule has 1 aliphatic rings. The molecule has 1 aliphatic heterocycles. The molecular weight excluding hydrogens is 329 g/mol. The number of anilines is 1. The zero-order valence-electron chi connectivity index (χ0n) is 12.7. The number of carbonyl (C=O) groups is 1. The third-order valence-corrected chi connectivity index (χ3v) is 4.84. The van der Waals surface area contributed by atoms with Crippen LogP contribution in [-0.2, 0) is 4.79 Å². The molecule has 0 saturated carbocycles. The van der Waals surface area contributed by atoms with E-state index in [1.165, 1.54) is 23.9 Å². The Morgan fingerprint density at radius 1 is 1.17 bits per heavy atom. The molecule has 1 amide bonds. The van der Waals surface area contributed by atoms with Gasteiger partial charge in [-0.3, -0.25) is 9.69 Å². The van der Waals surface area contributed by atoms with Gasteiger partial charge < -0.3 is 0 Å². The first-order chi connectivity index (χ1) is 11.0. The number of rotatable bonds is 2. The van der Waals surface area contributed by atoms with Gasteiger partial charge in [0.15, 0.2) is 4.32 Å². The van der Waals surface area contributed by atoms with Crippen LogP contribution >= 0.6 is 24.0 Å². The van der Waals surface area contributed by atoms with E-state index in [2.05, 4.69) is 0 Å². The second kappa shape index (κ2) is 6.26. The van der Waals surface area contributed by atoms with Crippen molar-refractivity contribution in [3.63, 3.8) is 0 Å². The quantitative estimate of drug-likeness (QED) is 0.574. The number of benzene rings is 2. The van der Waals surface area contributed by atoms with Crippen molar-refractivity contribution in [2.45, 2.75) is 13.8 Å². The fourth-order valence-electron chi connectivity index (χ4n) is 2.48. The summed E-state index contributed by atoms with van der Waals surface area (Å²) in [6.45, 7) is 3.96. The standard InChI is InChI=1S/C18H14FNOS2/c1-11-6-7-15(12(2)8-11)20-17(21)16(23-18(20)22)10-13-4-3-5-14(19)9-13/h3-10H,1-2H3. The van der Waals surface area contributed by atoms with E-state index >= 15 is 0 Å². The number of halogens is 1. The van der Waals surface area contributed by atoms with E-state index < -0.39 is 0 Å². The normalized spacial score (nSPS) is 16.5. The van der Waals surface area contributed by atoms with E-state index in [-0.39, 0.29) is 11.7 Å². The molecule has 2 aromatic carbocycles. The average Bonchev–Trinajstić information content (AvgIpc) is 2.74. The van der Waals surface area contributed by atoms with Gasteiger partial charge >= 0.3 is 0 Å². The van der Waals surface area contributed by atoms with Crippen LogP contribution < -0.4 is 4.90 Å². The monoisotopic (exact) mass is 343 g/mol. The SMILES string of the molecule is Cc1ccc(N2C(=O)C(=Cc3cccc(F)c3)SC2=S)c(C)c1. The van der Waals surface area contributed by atoms with Gasteiger partial charge in [0.2, 0.25) is 0 Å². The van der Waals surface area contributed by atoms with E-state index in [0.29, 0.717) is 14.8 Å². The molecule has 2 nitrogen and oxygen atoms in total. The van der Waals surface area contributed by atoms with Gasteiger partial charge in [-0.2, -0.15) is 0 Å². The highest BCUT2D eigenvalue weighted by Crippen LogP contribution is 2.37. The summed E-state index contributed by atoms with van der Waals surface area (Å²) in [5.41, 5.74) is 3.56. The van der Waals surface area contributed by atoms with Gasteiger partial charge in [0.25, 0.3) is 5.91 Å². The third kappa shape index (κ3) is 3.21. The molecule has 5 heteroatoms. The lowest BCUT2D eigenvalue weighted by molar-refractivity contribution is -0.113. The van der Waals surface area contributed by atoms with Crippen LogP contribution in [0.3, 0.4) is 0 Å². The van der Waals surface area contributed by atoms with Crippen LogP contribution in [0.4, 0.5) is 10.1 Å². The largest absolute Gasteiger partial charge is 0.270 e. The number of hydrogen-bond donors (Lipinski definition) is 0. The minimum absolute atomic E-state index is 0.170. The molecule has 3 rings (SSSR count). The van der Waals surface area contributed by atoms with Crippen molar-refractivity contribution >= 4 is 46.0 Å². The molecule has 1 heterocycles. The summed E-state index contributed by atoms with van der Waals surface area (Å²) >= 11 is 6.60. The van der Waals surface area contributed by atoms with E-state index in [1.54, 1.807) is 23.1 Å². The molecule has 0 unspecified atom stereocenters. The molecule has 1 fully saturated rings. The first-order valence-electron chi connectivity index (χ1n) is 7.06. The van der Waals surface area contributed by atoms with Crippen molar-refractivity contribution in [1.29, 1.82) is 0 Å². The van der Waals surface area contributed by atoms with E-state index in [1.807, 2.05) is 32.0 Å². The summed E-state index contributed by atoms with van der Waals surface area (Å²) in [5, 5.41) is 0. The van der Waals surface area contributed by atoms with Crippen molar-refractivity contribution in [2.24, 2.45) is 0 Å². The predicted molar refractivity (Wildman–Crippen MR) is 98.0 cm³/mol. The highest BCUT2D eigenvalue weighted by molar-refractivity contribution is 8.27. The molecular formula is C18H14FNOS2. The molecule has 2 aromatic rings. The van der Waals surface area contributed by atoms with Crippen molar-refractivity contribution < 1.29 is 9.18 Å². The lowest BCUT2D eigenvalue weighted by Gasteiger charge is -2.17. The predicted octanol–water partition coefficient (Wildman–Crippen LogP) is 4.85. The van der Waals surface area contributed by atoms with Crippen molar-refractivity contribution in [2.75, 3.05) is 4.90 Å². The summed E-state index contributed by atoms with van der Waals surface area (Å²) < 4.78 is 13.8. The number of nitrogens with zero attached hydrogens (tertiary/aromatic N) is 1. The maximum absolute atomic E-state index is 13.3. The molecule has 0 radical (unpaired) electrons. The molecule has 0 aromatic heterocycles. The highest BCUT2D eigenvalue weighted by Gasteiger charge is 2.33. The van der Waals surface area contributed by atoms with Gasteiger partial charge in [0.05, 0.1) is 10.6 Å². The van der Waals surface area contributed by atoms with Crippen LogP contribution in [-0.4, -0.2) is 10.2 Å². The van der Waals surface area contributed by atoms with Crippen LogP contribution in [0.25, 0.3) is 6.08 Å². The number of aryl methyl sites for hydroxylation is 2. The highest BCUT2D eigenvalue weighted by atomic mass is 32.2. The van der Waals surface area contributed by atoms with Crippen LogP contribution in [0.1, 0.15) is 16.7 Å². The van der Waals surface area contributed by atoms with Crippen LogP contribution in [0.5, 0.6) is 0 Å². The zero-order chi connectivity index (χ0) is 16.6. The first kappa shape index (κ1) is 15.9. The first-order valence-corrected chi connectivity index (χ1v) is 8.29. The smallest absolute Gasteiger partial charge is 0.268 e. The Morgan fingerprint density at radius 2 is 1.96 bits per heavy atom. The van der Waals surface area contributed by atoms with Gasteiger partial charge in [0.1, 0.15) is 5.82 Å². The van der Waals surface area contributed by atoms with Gasteiger partial charge in [-0.05, 0) is 49.2 Å². The summed E-state index contributed by atoms with van der Waals surface area (Å²) in [6.07, 6.45) is 1.67. The van der Waals surface area contributed by atoms with E-state index in [0.717, 1.165) is 16.8 Å². The Bertz CT molecular complexity index is 845. The number of amides is 1.